The highest BCUT2D eigenvalue weighted by Crippen LogP contribution is 2.11. The van der Waals surface area contributed by atoms with Gasteiger partial charge in [0.05, 0.1) is 6.07 Å². The van der Waals surface area contributed by atoms with Gasteiger partial charge in [0.15, 0.2) is 0 Å². The second-order valence-corrected chi connectivity index (χ2v) is 3.79. The molecule has 1 aromatic rings. The van der Waals surface area contributed by atoms with Crippen LogP contribution in [0.5, 0.6) is 0 Å². The Morgan fingerprint density at radius 1 is 1.29 bits per heavy atom. The van der Waals surface area contributed by atoms with Crippen molar-refractivity contribution in [3.05, 3.63) is 35.4 Å². The van der Waals surface area contributed by atoms with Gasteiger partial charge in [0.1, 0.15) is 0 Å². The Kier molecular flexibility index (Phi) is 4.49. The van der Waals surface area contributed by atoms with E-state index in [0.717, 1.165) is 18.4 Å². The van der Waals surface area contributed by atoms with Crippen molar-refractivity contribution in [2.24, 2.45) is 5.92 Å². The molecule has 1 rings (SSSR count). The van der Waals surface area contributed by atoms with Gasteiger partial charge in [-0.1, -0.05) is 24.3 Å². The fraction of sp³-hybridized carbons (Fsp3) is 0.417. The lowest BCUT2D eigenvalue weighted by atomic mass is 10.0. The molecule has 1 nitrogen and oxygen atoms in total. The second kappa shape index (κ2) is 5.67. The molecule has 0 aliphatic heterocycles. The minimum atomic E-state index is 0.141. The number of nitriles is 1. The molecule has 0 spiro atoms. The van der Waals surface area contributed by atoms with Crippen molar-refractivity contribution in [3.63, 3.8) is 0 Å². The molecule has 0 bridgehead atoms. The van der Waals surface area contributed by atoms with Crippen molar-refractivity contribution >= 4 is 11.6 Å². The van der Waals surface area contributed by atoms with Crippen molar-refractivity contribution in [2.45, 2.75) is 25.6 Å². The van der Waals surface area contributed by atoms with Gasteiger partial charge in [-0.3, -0.25) is 0 Å². The lowest BCUT2D eigenvalue weighted by molar-refractivity contribution is 0.660. The second-order valence-electron chi connectivity index (χ2n) is 3.52. The van der Waals surface area contributed by atoms with Crippen LogP contribution in [0, 0.1) is 17.2 Å². The maximum Gasteiger partial charge on any atom is 0.0652 e. The third kappa shape index (κ3) is 3.40. The first-order valence-electron chi connectivity index (χ1n) is 4.79. The Balaban J connectivity index is 2.48. The summed E-state index contributed by atoms with van der Waals surface area (Å²) < 4.78 is 0. The van der Waals surface area contributed by atoms with Gasteiger partial charge in [-0.15, -0.1) is 11.6 Å². The highest BCUT2D eigenvalue weighted by molar-refractivity contribution is 6.17. The van der Waals surface area contributed by atoms with E-state index in [2.05, 4.69) is 18.2 Å². The maximum absolute atomic E-state index is 8.63. The van der Waals surface area contributed by atoms with Crippen LogP contribution in [-0.2, 0) is 12.3 Å². The Bertz CT molecular complexity index is 310. The highest BCUT2D eigenvalue weighted by Gasteiger charge is 2.00. The zero-order chi connectivity index (χ0) is 10.4. The minimum Gasteiger partial charge on any atom is -0.198 e. The van der Waals surface area contributed by atoms with Crippen LogP contribution in [0.3, 0.4) is 0 Å². The van der Waals surface area contributed by atoms with Crippen molar-refractivity contribution in [3.8, 4) is 6.07 Å². The van der Waals surface area contributed by atoms with E-state index in [9.17, 15) is 0 Å². The molecule has 0 radical (unpaired) electrons. The zero-order valence-corrected chi connectivity index (χ0v) is 9.09. The Hall–Kier alpha value is -1.00. The molecule has 1 aromatic carbocycles. The van der Waals surface area contributed by atoms with Crippen LogP contribution in [0.25, 0.3) is 0 Å². The first-order chi connectivity index (χ1) is 6.76. The van der Waals surface area contributed by atoms with Gasteiger partial charge >= 0.3 is 0 Å². The van der Waals surface area contributed by atoms with E-state index in [1.165, 1.54) is 5.56 Å². The fourth-order valence-electron chi connectivity index (χ4n) is 1.24. The minimum absolute atomic E-state index is 0.141. The molecule has 0 aliphatic rings. The SMILES string of the molecule is CC(C#N)CCc1ccc(CCl)cc1. The van der Waals surface area contributed by atoms with Gasteiger partial charge in [0.25, 0.3) is 0 Å². The molecule has 0 saturated heterocycles. The van der Waals surface area contributed by atoms with Gasteiger partial charge in [-0.25, -0.2) is 0 Å². The highest BCUT2D eigenvalue weighted by atomic mass is 35.5. The van der Waals surface area contributed by atoms with E-state index in [1.807, 2.05) is 19.1 Å². The molecule has 2 heteroatoms. The van der Waals surface area contributed by atoms with E-state index in [1.54, 1.807) is 0 Å². The maximum atomic E-state index is 8.63. The van der Waals surface area contributed by atoms with E-state index < -0.39 is 0 Å². The number of hydrogen-bond donors (Lipinski definition) is 0. The molecular formula is C12H14ClN. The van der Waals surface area contributed by atoms with Crippen molar-refractivity contribution in [1.29, 1.82) is 5.26 Å². The van der Waals surface area contributed by atoms with Gasteiger partial charge in [-0.2, -0.15) is 5.26 Å². The third-order valence-electron chi connectivity index (χ3n) is 2.26. The topological polar surface area (TPSA) is 23.8 Å². The first-order valence-corrected chi connectivity index (χ1v) is 5.33. The summed E-state index contributed by atoms with van der Waals surface area (Å²) >= 11 is 5.69. The lowest BCUT2D eigenvalue weighted by Crippen LogP contribution is -1.94. The summed E-state index contributed by atoms with van der Waals surface area (Å²) in [4.78, 5) is 0. The number of benzene rings is 1. The average molecular weight is 208 g/mol. The van der Waals surface area contributed by atoms with Crippen molar-refractivity contribution < 1.29 is 0 Å². The number of rotatable bonds is 4. The molecule has 0 N–H and O–H groups in total. The molecule has 0 amide bonds. The first kappa shape index (κ1) is 11.1. The van der Waals surface area contributed by atoms with Crippen LogP contribution < -0.4 is 0 Å². The summed E-state index contributed by atoms with van der Waals surface area (Å²) in [5, 5.41) is 8.63. The summed E-state index contributed by atoms with van der Waals surface area (Å²) in [6, 6.07) is 10.5. The predicted octanol–water partition coefficient (Wildman–Crippen LogP) is 3.52. The standard InChI is InChI=1S/C12H14ClN/c1-10(9-14)2-3-11-4-6-12(8-13)7-5-11/h4-7,10H,2-3,8H2,1H3. The van der Waals surface area contributed by atoms with Crippen LogP contribution in [0.4, 0.5) is 0 Å². The molecule has 1 atom stereocenters. The Labute approximate surface area is 90.3 Å². The van der Waals surface area contributed by atoms with Crippen molar-refractivity contribution in [2.75, 3.05) is 0 Å². The molecular weight excluding hydrogens is 194 g/mol. The number of halogens is 1. The molecule has 0 heterocycles. The summed E-state index contributed by atoms with van der Waals surface area (Å²) in [6.45, 7) is 1.95. The molecule has 14 heavy (non-hydrogen) atoms. The summed E-state index contributed by atoms with van der Waals surface area (Å²) in [5.74, 6) is 0.706. The Morgan fingerprint density at radius 2 is 1.86 bits per heavy atom. The van der Waals surface area contributed by atoms with Crippen LogP contribution >= 0.6 is 11.6 Å². The number of hydrogen-bond acceptors (Lipinski definition) is 1. The van der Waals surface area contributed by atoms with Gasteiger partial charge in [-0.05, 0) is 30.9 Å². The van der Waals surface area contributed by atoms with E-state index >= 15 is 0 Å². The molecule has 1 unspecified atom stereocenters. The average Bonchev–Trinajstić information content (AvgIpc) is 2.26. The fourth-order valence-corrected chi connectivity index (χ4v) is 1.42. The number of aryl methyl sites for hydroxylation is 1. The number of nitrogens with zero attached hydrogens (tertiary/aromatic N) is 1. The van der Waals surface area contributed by atoms with E-state index in [4.69, 9.17) is 16.9 Å². The number of alkyl halides is 1. The van der Waals surface area contributed by atoms with Crippen LogP contribution in [0.15, 0.2) is 24.3 Å². The van der Waals surface area contributed by atoms with E-state index in [0.29, 0.717) is 5.88 Å². The van der Waals surface area contributed by atoms with Crippen LogP contribution in [-0.4, -0.2) is 0 Å². The quantitative estimate of drug-likeness (QED) is 0.694. The normalized spacial score (nSPS) is 12.1. The monoisotopic (exact) mass is 207 g/mol. The van der Waals surface area contributed by atoms with E-state index in [-0.39, 0.29) is 5.92 Å². The summed E-state index contributed by atoms with van der Waals surface area (Å²) in [5.41, 5.74) is 2.42. The molecule has 74 valence electrons. The predicted molar refractivity (Wildman–Crippen MR) is 59.1 cm³/mol. The lowest BCUT2D eigenvalue weighted by Gasteiger charge is -2.03. The molecule has 0 aromatic heterocycles. The molecule has 0 aliphatic carbocycles. The van der Waals surface area contributed by atoms with Crippen molar-refractivity contribution in [1.82, 2.24) is 0 Å². The third-order valence-corrected chi connectivity index (χ3v) is 2.57. The van der Waals surface area contributed by atoms with Crippen LogP contribution in [0.2, 0.25) is 0 Å². The van der Waals surface area contributed by atoms with Gasteiger partial charge < -0.3 is 0 Å². The Morgan fingerprint density at radius 3 is 2.36 bits per heavy atom. The van der Waals surface area contributed by atoms with Gasteiger partial charge in [0.2, 0.25) is 0 Å². The summed E-state index contributed by atoms with van der Waals surface area (Å²) in [7, 11) is 0. The smallest absolute Gasteiger partial charge is 0.0652 e. The zero-order valence-electron chi connectivity index (χ0n) is 8.33. The summed E-state index contributed by atoms with van der Waals surface area (Å²) in [6.07, 6.45) is 1.90. The van der Waals surface area contributed by atoms with Gasteiger partial charge in [0, 0.05) is 11.8 Å². The van der Waals surface area contributed by atoms with Crippen LogP contribution in [0.1, 0.15) is 24.5 Å². The largest absolute Gasteiger partial charge is 0.198 e. The molecule has 0 saturated carbocycles. The molecule has 0 fully saturated rings.